The van der Waals surface area contributed by atoms with Gasteiger partial charge in [-0.2, -0.15) is 0 Å². The molecule has 2 heterocycles. The van der Waals surface area contributed by atoms with E-state index < -0.39 is 0 Å². The van der Waals surface area contributed by atoms with Crippen molar-refractivity contribution in [3.63, 3.8) is 0 Å². The summed E-state index contributed by atoms with van der Waals surface area (Å²) >= 11 is 8.19. The number of hydrogen-bond donors (Lipinski definition) is 0. The smallest absolute Gasteiger partial charge is 0.128 e. The minimum atomic E-state index is 0.748. The molecule has 0 aliphatic carbocycles. The highest BCUT2D eigenvalue weighted by Gasteiger charge is 2.20. The van der Waals surface area contributed by atoms with Gasteiger partial charge in [0.05, 0.1) is 11.2 Å². The van der Waals surface area contributed by atoms with Crippen molar-refractivity contribution in [1.82, 2.24) is 4.98 Å². The van der Waals surface area contributed by atoms with Crippen LogP contribution in [0.1, 0.15) is 16.8 Å². The number of para-hydroxylation sites is 1. The molecule has 1 aromatic heterocycles. The van der Waals surface area contributed by atoms with Gasteiger partial charge >= 0.3 is 0 Å². The average molecular weight is 416 g/mol. The predicted molar refractivity (Wildman–Crippen MR) is 123 cm³/mol. The van der Waals surface area contributed by atoms with E-state index in [1.54, 1.807) is 0 Å². The maximum absolute atomic E-state index is 6.30. The third-order valence-corrected chi connectivity index (χ3v) is 6.45. The molecule has 0 saturated carbocycles. The van der Waals surface area contributed by atoms with Crippen molar-refractivity contribution in [3.05, 3.63) is 94.6 Å². The third kappa shape index (κ3) is 3.76. The summed E-state index contributed by atoms with van der Waals surface area (Å²) in [5, 5.41) is 1.91. The molecule has 1 aliphatic heterocycles. The van der Waals surface area contributed by atoms with E-state index in [2.05, 4.69) is 12.1 Å². The topological polar surface area (TPSA) is 22.1 Å². The highest BCUT2D eigenvalue weighted by Crippen LogP contribution is 2.40. The second-order valence-corrected chi connectivity index (χ2v) is 8.36. The molecule has 0 amide bonds. The first kappa shape index (κ1) is 18.3. The molecule has 2 nitrogen and oxygen atoms in total. The van der Waals surface area contributed by atoms with E-state index in [4.69, 9.17) is 21.3 Å². The van der Waals surface area contributed by atoms with Crippen LogP contribution in [0.15, 0.2) is 77.7 Å². The van der Waals surface area contributed by atoms with Crippen molar-refractivity contribution in [2.75, 3.05) is 5.75 Å². The zero-order valence-electron chi connectivity index (χ0n) is 15.6. The SMILES string of the molecule is Clc1ccccc1C=Cc1nc2ccc(Oc3ccccc3)cc2c2c1CCS2. The minimum absolute atomic E-state index is 0.748. The van der Waals surface area contributed by atoms with Gasteiger partial charge in [0, 0.05) is 21.1 Å². The molecule has 4 aromatic rings. The van der Waals surface area contributed by atoms with Crippen LogP contribution in [0.3, 0.4) is 0 Å². The Balaban J connectivity index is 1.54. The van der Waals surface area contributed by atoms with Crippen LogP contribution < -0.4 is 4.74 Å². The number of hydrogen-bond acceptors (Lipinski definition) is 3. The fraction of sp³-hybridized carbons (Fsp3) is 0.0800. The Morgan fingerprint density at radius 3 is 2.59 bits per heavy atom. The van der Waals surface area contributed by atoms with Gasteiger partial charge in [-0.15, -0.1) is 11.8 Å². The van der Waals surface area contributed by atoms with Crippen molar-refractivity contribution in [2.24, 2.45) is 0 Å². The molecular formula is C25H18ClNOS. The maximum atomic E-state index is 6.30. The standard InChI is InChI=1S/C25H18ClNOS/c26-22-9-5-4-6-17(22)10-12-23-20-14-15-29-25(20)21-16-19(11-13-24(21)27-23)28-18-7-2-1-3-8-18/h1-13,16H,14-15H2. The van der Waals surface area contributed by atoms with E-state index in [1.807, 2.05) is 84.6 Å². The Labute approximate surface area is 179 Å². The molecule has 0 atom stereocenters. The fourth-order valence-corrected chi connectivity index (χ4v) is 4.95. The molecular weight excluding hydrogens is 398 g/mol. The number of halogens is 1. The van der Waals surface area contributed by atoms with Crippen LogP contribution >= 0.6 is 23.4 Å². The summed E-state index contributed by atoms with van der Waals surface area (Å²) in [6.45, 7) is 0. The molecule has 29 heavy (non-hydrogen) atoms. The molecule has 0 fully saturated rings. The van der Waals surface area contributed by atoms with Crippen molar-refractivity contribution < 1.29 is 4.74 Å². The molecule has 4 heteroatoms. The number of fused-ring (bicyclic) bond motifs is 3. The van der Waals surface area contributed by atoms with Gasteiger partial charge in [-0.3, -0.25) is 0 Å². The maximum Gasteiger partial charge on any atom is 0.128 e. The Bertz CT molecular complexity index is 1220. The van der Waals surface area contributed by atoms with Crippen molar-refractivity contribution >= 4 is 46.4 Å². The number of pyridine rings is 1. The molecule has 0 radical (unpaired) electrons. The number of benzene rings is 3. The number of rotatable bonds is 4. The van der Waals surface area contributed by atoms with Crippen molar-refractivity contribution in [2.45, 2.75) is 11.3 Å². The molecule has 1 aliphatic rings. The highest BCUT2D eigenvalue weighted by molar-refractivity contribution is 7.99. The van der Waals surface area contributed by atoms with E-state index in [0.29, 0.717) is 0 Å². The molecule has 0 unspecified atom stereocenters. The van der Waals surface area contributed by atoms with E-state index in [0.717, 1.165) is 50.9 Å². The Morgan fingerprint density at radius 2 is 1.72 bits per heavy atom. The number of ether oxygens (including phenoxy) is 1. The quantitative estimate of drug-likeness (QED) is 0.344. The van der Waals surface area contributed by atoms with E-state index in [1.165, 1.54) is 10.5 Å². The van der Waals surface area contributed by atoms with Crippen LogP contribution in [0.25, 0.3) is 23.1 Å². The Hall–Kier alpha value is -2.75. The monoisotopic (exact) mass is 415 g/mol. The van der Waals surface area contributed by atoms with E-state index in [9.17, 15) is 0 Å². The fourth-order valence-electron chi connectivity index (χ4n) is 3.54. The van der Waals surface area contributed by atoms with Gasteiger partial charge in [-0.1, -0.05) is 54.1 Å². The van der Waals surface area contributed by atoms with Crippen molar-refractivity contribution in [1.29, 1.82) is 0 Å². The minimum Gasteiger partial charge on any atom is -0.457 e. The first-order chi connectivity index (χ1) is 14.3. The number of aromatic nitrogens is 1. The first-order valence-electron chi connectivity index (χ1n) is 9.53. The molecule has 3 aromatic carbocycles. The lowest BCUT2D eigenvalue weighted by Gasteiger charge is -2.11. The van der Waals surface area contributed by atoms with Gasteiger partial charge in [0.15, 0.2) is 0 Å². The molecule has 142 valence electrons. The highest BCUT2D eigenvalue weighted by atomic mass is 35.5. The summed E-state index contributed by atoms with van der Waals surface area (Å²) in [5.74, 6) is 2.75. The Kier molecular flexibility index (Phi) is 5.01. The normalized spacial score (nSPS) is 13.1. The lowest BCUT2D eigenvalue weighted by atomic mass is 10.1. The zero-order valence-corrected chi connectivity index (χ0v) is 17.2. The molecule has 5 rings (SSSR count). The predicted octanol–water partition coefficient (Wildman–Crippen LogP) is 7.50. The van der Waals surface area contributed by atoms with E-state index >= 15 is 0 Å². The Morgan fingerprint density at radius 1 is 0.897 bits per heavy atom. The van der Waals surface area contributed by atoms with Gasteiger partial charge in [0.1, 0.15) is 11.5 Å². The second kappa shape index (κ2) is 7.94. The van der Waals surface area contributed by atoms with Crippen LogP contribution in [0.2, 0.25) is 5.02 Å². The van der Waals surface area contributed by atoms with Gasteiger partial charge in [0.25, 0.3) is 0 Å². The second-order valence-electron chi connectivity index (χ2n) is 6.85. The first-order valence-corrected chi connectivity index (χ1v) is 10.9. The van der Waals surface area contributed by atoms with Crippen molar-refractivity contribution in [3.8, 4) is 11.5 Å². The largest absolute Gasteiger partial charge is 0.457 e. The van der Waals surface area contributed by atoms with Crippen LogP contribution in [-0.4, -0.2) is 10.7 Å². The van der Waals surface area contributed by atoms with Gasteiger partial charge in [0.2, 0.25) is 0 Å². The van der Waals surface area contributed by atoms with Crippen LogP contribution in [0.4, 0.5) is 0 Å². The summed E-state index contributed by atoms with van der Waals surface area (Å²) in [6.07, 6.45) is 5.15. The summed E-state index contributed by atoms with van der Waals surface area (Å²) in [7, 11) is 0. The van der Waals surface area contributed by atoms with Gasteiger partial charge in [-0.05, 0) is 60.0 Å². The zero-order chi connectivity index (χ0) is 19.6. The lowest BCUT2D eigenvalue weighted by molar-refractivity contribution is 0.483. The third-order valence-electron chi connectivity index (χ3n) is 4.94. The average Bonchev–Trinajstić information content (AvgIpc) is 3.24. The summed E-state index contributed by atoms with van der Waals surface area (Å²) < 4.78 is 6.03. The summed E-state index contributed by atoms with van der Waals surface area (Å²) in [4.78, 5) is 6.25. The van der Waals surface area contributed by atoms with E-state index in [-0.39, 0.29) is 0 Å². The van der Waals surface area contributed by atoms with Gasteiger partial charge < -0.3 is 4.74 Å². The number of nitrogens with zero attached hydrogens (tertiary/aromatic N) is 1. The van der Waals surface area contributed by atoms with Crippen LogP contribution in [-0.2, 0) is 6.42 Å². The van der Waals surface area contributed by atoms with Crippen LogP contribution in [0, 0.1) is 0 Å². The molecule has 0 spiro atoms. The van der Waals surface area contributed by atoms with Gasteiger partial charge in [-0.25, -0.2) is 4.98 Å². The summed E-state index contributed by atoms with van der Waals surface area (Å²) in [6, 6.07) is 23.8. The lowest BCUT2D eigenvalue weighted by Crippen LogP contribution is -1.94. The molecule has 0 saturated heterocycles. The molecule has 0 N–H and O–H groups in total. The summed E-state index contributed by atoms with van der Waals surface area (Å²) in [5.41, 5.74) is 4.32. The van der Waals surface area contributed by atoms with Crippen LogP contribution in [0.5, 0.6) is 11.5 Å². The molecule has 0 bridgehead atoms. The number of thioether (sulfide) groups is 1.